The summed E-state index contributed by atoms with van der Waals surface area (Å²) in [5.41, 5.74) is -3.66. The van der Waals surface area contributed by atoms with Crippen LogP contribution in [0.2, 0.25) is 0 Å². The zero-order valence-corrected chi connectivity index (χ0v) is 18.0. The second kappa shape index (κ2) is 9.35. The number of alkyl halides is 6. The smallest absolute Gasteiger partial charge is 0.334 e. The van der Waals surface area contributed by atoms with Crippen LogP contribution in [0.4, 0.5) is 36.8 Å². The van der Waals surface area contributed by atoms with Gasteiger partial charge in [0.1, 0.15) is 0 Å². The highest BCUT2D eigenvalue weighted by atomic mass is 32.2. The molecule has 0 radical (unpaired) electrons. The first kappa shape index (κ1) is 25.4. The summed E-state index contributed by atoms with van der Waals surface area (Å²) < 4.78 is 92.7. The van der Waals surface area contributed by atoms with E-state index in [9.17, 15) is 35.3 Å². The van der Waals surface area contributed by atoms with E-state index in [2.05, 4.69) is 15.4 Å². The fraction of sp³-hybridized carbons (Fsp3) is 0.632. The Morgan fingerprint density at radius 2 is 1.39 bits per heavy atom. The zero-order chi connectivity index (χ0) is 23.6. The second-order valence-corrected chi connectivity index (χ2v) is 10.4. The highest BCUT2D eigenvalue weighted by Gasteiger charge is 2.37. The van der Waals surface area contributed by atoms with Crippen molar-refractivity contribution in [2.75, 3.05) is 5.32 Å². The van der Waals surface area contributed by atoms with E-state index in [0.717, 1.165) is 12.8 Å². The van der Waals surface area contributed by atoms with Crippen LogP contribution in [-0.4, -0.2) is 27.1 Å². The molecule has 0 aromatic heterocycles. The number of halogens is 6. The van der Waals surface area contributed by atoms with Crippen molar-refractivity contribution in [2.24, 2.45) is 0 Å². The predicted molar refractivity (Wildman–Crippen MR) is 106 cm³/mol. The third kappa shape index (κ3) is 7.37. The van der Waals surface area contributed by atoms with Gasteiger partial charge in [-0.2, -0.15) is 26.3 Å². The lowest BCUT2D eigenvalue weighted by atomic mass is 9.91. The number of carbonyl (C=O) groups excluding carboxylic acids is 1. The quantitative estimate of drug-likeness (QED) is 0.526. The lowest BCUT2D eigenvalue weighted by molar-refractivity contribution is -0.143. The highest BCUT2D eigenvalue weighted by molar-refractivity contribution is 7.84. The number of anilines is 1. The Morgan fingerprint density at radius 1 is 0.903 bits per heavy atom. The molecule has 5 nitrogen and oxygen atoms in total. The van der Waals surface area contributed by atoms with E-state index < -0.39 is 57.0 Å². The van der Waals surface area contributed by atoms with Gasteiger partial charge in [0.2, 0.25) is 0 Å². The van der Waals surface area contributed by atoms with E-state index in [4.69, 9.17) is 0 Å². The van der Waals surface area contributed by atoms with Crippen molar-refractivity contribution in [3.63, 3.8) is 0 Å². The molecular weight excluding hydrogens is 448 g/mol. The summed E-state index contributed by atoms with van der Waals surface area (Å²) in [5, 5.41) is 4.65. The Kier molecular flexibility index (Phi) is 7.68. The van der Waals surface area contributed by atoms with E-state index >= 15 is 0 Å². The third-order valence-electron chi connectivity index (χ3n) is 4.74. The van der Waals surface area contributed by atoms with Crippen LogP contribution in [0.1, 0.15) is 57.6 Å². The zero-order valence-electron chi connectivity index (χ0n) is 17.2. The summed E-state index contributed by atoms with van der Waals surface area (Å²) in [5.74, 6) is 0. The summed E-state index contributed by atoms with van der Waals surface area (Å²) in [7, 11) is -1.41. The number of rotatable bonds is 4. The molecule has 0 bridgehead atoms. The number of urea groups is 1. The minimum atomic E-state index is -5.01. The maximum atomic E-state index is 13.0. The fourth-order valence-electron chi connectivity index (χ4n) is 3.12. The van der Waals surface area contributed by atoms with Crippen molar-refractivity contribution in [1.82, 2.24) is 10.0 Å². The van der Waals surface area contributed by atoms with Crippen LogP contribution >= 0.6 is 0 Å². The molecule has 1 aliphatic carbocycles. The Morgan fingerprint density at radius 3 is 1.84 bits per heavy atom. The van der Waals surface area contributed by atoms with E-state index in [1.165, 1.54) is 0 Å². The molecule has 1 fully saturated rings. The van der Waals surface area contributed by atoms with Gasteiger partial charge in [-0.1, -0.05) is 12.8 Å². The molecule has 0 saturated heterocycles. The first-order chi connectivity index (χ1) is 14.1. The first-order valence-corrected chi connectivity index (χ1v) is 10.8. The monoisotopic (exact) mass is 473 g/mol. The van der Waals surface area contributed by atoms with Crippen LogP contribution in [0.3, 0.4) is 0 Å². The minimum Gasteiger partial charge on any atom is -0.334 e. The molecule has 1 aromatic rings. The van der Waals surface area contributed by atoms with Crippen molar-refractivity contribution >= 4 is 22.7 Å². The topological polar surface area (TPSA) is 70.2 Å². The molecule has 1 saturated carbocycles. The van der Waals surface area contributed by atoms with Crippen molar-refractivity contribution in [3.05, 3.63) is 29.3 Å². The van der Waals surface area contributed by atoms with E-state index in [0.29, 0.717) is 25.0 Å². The van der Waals surface area contributed by atoms with Crippen molar-refractivity contribution < 1.29 is 35.3 Å². The minimum absolute atomic E-state index is 0.00795. The molecule has 12 heteroatoms. The summed E-state index contributed by atoms with van der Waals surface area (Å²) >= 11 is 0. The summed E-state index contributed by atoms with van der Waals surface area (Å²) in [6, 6.07) is -0.876. The number of benzene rings is 1. The molecule has 0 unspecified atom stereocenters. The molecule has 176 valence electrons. The van der Waals surface area contributed by atoms with Crippen molar-refractivity contribution in [2.45, 2.75) is 75.6 Å². The average molecular weight is 473 g/mol. The van der Waals surface area contributed by atoms with Gasteiger partial charge in [0, 0.05) is 17.8 Å². The lowest BCUT2D eigenvalue weighted by Crippen LogP contribution is -2.54. The number of hydrogen-bond acceptors (Lipinski definition) is 2. The molecule has 3 N–H and O–H groups in total. The molecule has 31 heavy (non-hydrogen) atoms. The summed E-state index contributed by atoms with van der Waals surface area (Å²) in [6.07, 6.45) is -7.26. The second-order valence-electron chi connectivity index (χ2n) is 8.39. The Hall–Kier alpha value is -1.82. The Bertz CT molecular complexity index is 788. The van der Waals surface area contributed by atoms with E-state index in [-0.39, 0.29) is 12.1 Å². The van der Waals surface area contributed by atoms with E-state index in [1.807, 2.05) is 0 Å². The molecule has 0 aliphatic heterocycles. The SMILES string of the molecule is CC(C)(C)[S@@](=O)N[C@H]1CCCC[C@@H]1NC(=O)Nc1cc(C(F)(F)F)cc(C(F)(F)F)c1. The first-order valence-electron chi connectivity index (χ1n) is 9.62. The molecule has 2 rings (SSSR count). The van der Waals surface area contributed by atoms with Crippen LogP contribution in [0, 0.1) is 0 Å². The number of amides is 2. The van der Waals surface area contributed by atoms with E-state index in [1.54, 1.807) is 20.8 Å². The largest absolute Gasteiger partial charge is 0.416 e. The maximum absolute atomic E-state index is 13.0. The Labute approximate surface area is 178 Å². The van der Waals surface area contributed by atoms with Crippen LogP contribution in [0.15, 0.2) is 18.2 Å². The van der Waals surface area contributed by atoms with Gasteiger partial charge in [0.25, 0.3) is 0 Å². The lowest BCUT2D eigenvalue weighted by Gasteiger charge is -2.34. The van der Waals surface area contributed by atoms with Crippen LogP contribution < -0.4 is 15.4 Å². The summed E-state index contributed by atoms with van der Waals surface area (Å²) in [6.45, 7) is 5.33. The standard InChI is InChI=1S/C19H25F6N3O2S/c1-17(2,3)31(30)28-15-7-5-4-6-14(15)27-16(29)26-13-9-11(18(20,21)22)8-12(10-13)19(23,24)25/h8-10,14-15,28H,4-7H2,1-3H3,(H2,26,27,29)/t14-,15-,31+/m0/s1. The van der Waals surface area contributed by atoms with Crippen molar-refractivity contribution in [1.29, 1.82) is 0 Å². The van der Waals surface area contributed by atoms with Crippen LogP contribution in [0.5, 0.6) is 0 Å². The number of nitrogens with one attached hydrogen (secondary N) is 3. The van der Waals surface area contributed by atoms with Gasteiger partial charge >= 0.3 is 18.4 Å². The number of hydrogen-bond donors (Lipinski definition) is 3. The molecule has 3 atom stereocenters. The molecule has 0 spiro atoms. The molecule has 1 aromatic carbocycles. The van der Waals surface area contributed by atoms with Gasteiger partial charge in [-0.05, 0) is 51.8 Å². The van der Waals surface area contributed by atoms with Gasteiger partial charge in [0.05, 0.1) is 26.9 Å². The normalized spacial score (nSPS) is 21.5. The van der Waals surface area contributed by atoms with Gasteiger partial charge in [0.15, 0.2) is 0 Å². The van der Waals surface area contributed by atoms with Gasteiger partial charge in [-0.25, -0.2) is 13.7 Å². The fourth-order valence-corrected chi connectivity index (χ4v) is 4.03. The molecule has 1 aliphatic rings. The highest BCUT2D eigenvalue weighted by Crippen LogP contribution is 2.37. The van der Waals surface area contributed by atoms with Crippen LogP contribution in [0.25, 0.3) is 0 Å². The van der Waals surface area contributed by atoms with Crippen LogP contribution in [-0.2, 0) is 23.3 Å². The average Bonchev–Trinajstić information content (AvgIpc) is 2.60. The molecule has 0 heterocycles. The number of carbonyl (C=O) groups is 1. The predicted octanol–water partition coefficient (Wildman–Crippen LogP) is 5.21. The third-order valence-corrected chi connectivity index (χ3v) is 6.37. The van der Waals surface area contributed by atoms with Gasteiger partial charge < -0.3 is 10.6 Å². The molecule has 2 amide bonds. The maximum Gasteiger partial charge on any atom is 0.416 e. The molecular formula is C19H25F6N3O2S. The summed E-state index contributed by atoms with van der Waals surface area (Å²) in [4.78, 5) is 12.3. The van der Waals surface area contributed by atoms with Gasteiger partial charge in [-0.3, -0.25) is 0 Å². The Balaban J connectivity index is 2.16. The van der Waals surface area contributed by atoms with Crippen molar-refractivity contribution in [3.8, 4) is 0 Å². The van der Waals surface area contributed by atoms with Gasteiger partial charge in [-0.15, -0.1) is 0 Å².